The molecular weight excluding hydrogens is 322 g/mol. The third kappa shape index (κ3) is 3.28. The smallest absolute Gasteiger partial charge is 0.410 e. The van der Waals surface area contributed by atoms with Crippen LogP contribution in [0, 0.1) is 0 Å². The number of carbonyl (C=O) groups excluding carboxylic acids is 1. The number of likely N-dealkylation sites (tertiary alicyclic amines) is 1. The fraction of sp³-hybridized carbons (Fsp3) is 0.263. The summed E-state index contributed by atoms with van der Waals surface area (Å²) >= 11 is 0. The van der Waals surface area contributed by atoms with E-state index < -0.39 is 17.5 Å². The first-order valence-corrected chi connectivity index (χ1v) is 7.89. The highest BCUT2D eigenvalue weighted by atomic mass is 16.6. The van der Waals surface area contributed by atoms with Gasteiger partial charge in [-0.1, -0.05) is 42.5 Å². The van der Waals surface area contributed by atoms with Gasteiger partial charge >= 0.3 is 12.1 Å². The van der Waals surface area contributed by atoms with Crippen molar-refractivity contribution in [2.45, 2.75) is 12.0 Å². The standard InChI is InChI=1S/C19H19NO5/c1-24-16-9-7-15(8-10-16)19(17(21)22)12-20(13-19)18(23)25-11-14-5-3-2-4-6-14/h2-10H,11-13H2,1H3,(H,21,22). The molecule has 1 N–H and O–H groups in total. The Bertz CT molecular complexity index is 751. The van der Waals surface area contributed by atoms with E-state index in [0.717, 1.165) is 5.56 Å². The third-order valence-electron chi connectivity index (χ3n) is 4.44. The van der Waals surface area contributed by atoms with Crippen molar-refractivity contribution >= 4 is 12.1 Å². The molecule has 2 aromatic rings. The first-order valence-electron chi connectivity index (χ1n) is 7.89. The molecule has 0 saturated carbocycles. The lowest BCUT2D eigenvalue weighted by molar-refractivity contribution is -0.150. The molecule has 0 radical (unpaired) electrons. The SMILES string of the molecule is COc1ccc(C2(C(=O)O)CN(C(=O)OCc3ccccc3)C2)cc1. The zero-order chi connectivity index (χ0) is 17.9. The molecule has 0 spiro atoms. The van der Waals surface area contributed by atoms with Crippen LogP contribution in [0.2, 0.25) is 0 Å². The Hall–Kier alpha value is -3.02. The van der Waals surface area contributed by atoms with Crippen molar-refractivity contribution in [2.75, 3.05) is 20.2 Å². The average molecular weight is 341 g/mol. The van der Waals surface area contributed by atoms with Crippen LogP contribution in [0.3, 0.4) is 0 Å². The second kappa shape index (κ2) is 6.84. The van der Waals surface area contributed by atoms with Gasteiger partial charge in [0.15, 0.2) is 0 Å². The summed E-state index contributed by atoms with van der Waals surface area (Å²) in [5.74, 6) is -0.299. The van der Waals surface area contributed by atoms with Crippen LogP contribution in [0.5, 0.6) is 5.75 Å². The number of aliphatic carboxylic acids is 1. The number of nitrogens with zero attached hydrogens (tertiary/aromatic N) is 1. The van der Waals surface area contributed by atoms with E-state index in [1.54, 1.807) is 31.4 Å². The number of amides is 1. The fourth-order valence-corrected chi connectivity index (χ4v) is 2.90. The topological polar surface area (TPSA) is 76.1 Å². The molecule has 0 unspecified atom stereocenters. The molecule has 0 atom stereocenters. The van der Waals surface area contributed by atoms with Crippen LogP contribution in [-0.4, -0.2) is 42.3 Å². The molecule has 130 valence electrons. The molecule has 1 aliphatic rings. The molecule has 2 aromatic carbocycles. The van der Waals surface area contributed by atoms with Crippen molar-refractivity contribution in [1.82, 2.24) is 4.90 Å². The third-order valence-corrected chi connectivity index (χ3v) is 4.44. The molecule has 0 aromatic heterocycles. The Morgan fingerprint density at radius 1 is 1.08 bits per heavy atom. The van der Waals surface area contributed by atoms with E-state index in [4.69, 9.17) is 9.47 Å². The van der Waals surface area contributed by atoms with Gasteiger partial charge in [0, 0.05) is 13.1 Å². The Morgan fingerprint density at radius 3 is 2.28 bits per heavy atom. The molecule has 6 heteroatoms. The summed E-state index contributed by atoms with van der Waals surface area (Å²) in [6.45, 7) is 0.337. The summed E-state index contributed by atoms with van der Waals surface area (Å²) in [4.78, 5) is 25.3. The molecule has 1 fully saturated rings. The van der Waals surface area contributed by atoms with E-state index in [1.807, 2.05) is 30.3 Å². The van der Waals surface area contributed by atoms with Crippen LogP contribution < -0.4 is 4.74 Å². The molecule has 1 saturated heterocycles. The lowest BCUT2D eigenvalue weighted by atomic mass is 9.74. The summed E-state index contributed by atoms with van der Waals surface area (Å²) in [6, 6.07) is 16.2. The minimum Gasteiger partial charge on any atom is -0.497 e. The first kappa shape index (κ1) is 16.8. The summed E-state index contributed by atoms with van der Waals surface area (Å²) in [5.41, 5.74) is 0.432. The molecule has 1 aliphatic heterocycles. The van der Waals surface area contributed by atoms with Gasteiger partial charge in [0.25, 0.3) is 0 Å². The van der Waals surface area contributed by atoms with E-state index in [-0.39, 0.29) is 19.7 Å². The molecular formula is C19H19NO5. The first-order chi connectivity index (χ1) is 12.0. The second-order valence-electron chi connectivity index (χ2n) is 6.01. The highest BCUT2D eigenvalue weighted by Gasteiger charge is 2.53. The average Bonchev–Trinajstić information content (AvgIpc) is 2.60. The van der Waals surface area contributed by atoms with Crippen molar-refractivity contribution in [3.8, 4) is 5.75 Å². The van der Waals surface area contributed by atoms with Gasteiger partial charge in [0.1, 0.15) is 17.8 Å². The van der Waals surface area contributed by atoms with Crippen LogP contribution in [-0.2, 0) is 21.6 Å². The number of ether oxygens (including phenoxy) is 2. The molecule has 0 aliphatic carbocycles. The highest BCUT2D eigenvalue weighted by Crippen LogP contribution is 2.36. The van der Waals surface area contributed by atoms with Crippen LogP contribution in [0.1, 0.15) is 11.1 Å². The lowest BCUT2D eigenvalue weighted by Crippen LogP contribution is -2.65. The van der Waals surface area contributed by atoms with Gasteiger partial charge in [-0.3, -0.25) is 4.79 Å². The number of carbonyl (C=O) groups is 2. The lowest BCUT2D eigenvalue weighted by Gasteiger charge is -2.46. The van der Waals surface area contributed by atoms with Gasteiger partial charge in [-0.15, -0.1) is 0 Å². The fourth-order valence-electron chi connectivity index (χ4n) is 2.90. The Balaban J connectivity index is 1.64. The number of rotatable bonds is 5. The number of benzene rings is 2. The molecule has 25 heavy (non-hydrogen) atoms. The largest absolute Gasteiger partial charge is 0.497 e. The van der Waals surface area contributed by atoms with E-state index in [2.05, 4.69) is 0 Å². The molecule has 0 bridgehead atoms. The van der Waals surface area contributed by atoms with Crippen LogP contribution in [0.25, 0.3) is 0 Å². The van der Waals surface area contributed by atoms with Gasteiger partial charge < -0.3 is 19.5 Å². The van der Waals surface area contributed by atoms with Gasteiger partial charge in [0.05, 0.1) is 7.11 Å². The van der Waals surface area contributed by atoms with Crippen molar-refractivity contribution in [2.24, 2.45) is 0 Å². The number of carboxylic acids is 1. The van der Waals surface area contributed by atoms with Gasteiger partial charge in [-0.2, -0.15) is 0 Å². The van der Waals surface area contributed by atoms with E-state index >= 15 is 0 Å². The maximum Gasteiger partial charge on any atom is 0.410 e. The predicted molar refractivity (Wildman–Crippen MR) is 90.5 cm³/mol. The van der Waals surface area contributed by atoms with Crippen molar-refractivity contribution in [3.63, 3.8) is 0 Å². The Labute approximate surface area is 145 Å². The van der Waals surface area contributed by atoms with Crippen molar-refractivity contribution < 1.29 is 24.2 Å². The molecule has 6 nitrogen and oxygen atoms in total. The number of methoxy groups -OCH3 is 1. The minimum atomic E-state index is -1.10. The number of hydrogen-bond donors (Lipinski definition) is 1. The van der Waals surface area contributed by atoms with Gasteiger partial charge in [-0.05, 0) is 23.3 Å². The minimum absolute atomic E-state index is 0.0856. The molecule has 1 heterocycles. The predicted octanol–water partition coefficient (Wildman–Crippen LogP) is 2.67. The normalized spacial score (nSPS) is 15.2. The molecule has 1 amide bonds. The molecule has 3 rings (SSSR count). The Kier molecular flexibility index (Phi) is 4.61. The quantitative estimate of drug-likeness (QED) is 0.905. The van der Waals surface area contributed by atoms with Crippen molar-refractivity contribution in [3.05, 3.63) is 65.7 Å². The summed E-state index contributed by atoms with van der Waals surface area (Å²) in [7, 11) is 1.55. The highest BCUT2D eigenvalue weighted by molar-refractivity contribution is 5.86. The van der Waals surface area contributed by atoms with Gasteiger partial charge in [0.2, 0.25) is 0 Å². The van der Waals surface area contributed by atoms with Crippen LogP contribution in [0.15, 0.2) is 54.6 Å². The summed E-state index contributed by atoms with van der Waals surface area (Å²) in [5, 5.41) is 9.66. The monoisotopic (exact) mass is 341 g/mol. The Morgan fingerprint density at radius 2 is 1.72 bits per heavy atom. The van der Waals surface area contributed by atoms with Crippen molar-refractivity contribution in [1.29, 1.82) is 0 Å². The van der Waals surface area contributed by atoms with Gasteiger partial charge in [-0.25, -0.2) is 4.79 Å². The number of hydrogen-bond acceptors (Lipinski definition) is 4. The van der Waals surface area contributed by atoms with E-state index in [0.29, 0.717) is 11.3 Å². The zero-order valence-electron chi connectivity index (χ0n) is 13.8. The summed E-state index contributed by atoms with van der Waals surface area (Å²) in [6.07, 6.45) is -0.505. The van der Waals surface area contributed by atoms with E-state index in [9.17, 15) is 14.7 Å². The van der Waals surface area contributed by atoms with Crippen LogP contribution in [0.4, 0.5) is 4.79 Å². The van der Waals surface area contributed by atoms with E-state index in [1.165, 1.54) is 4.90 Å². The maximum absolute atomic E-state index is 12.1. The van der Waals surface area contributed by atoms with Crippen LogP contribution >= 0.6 is 0 Å². The zero-order valence-corrected chi connectivity index (χ0v) is 13.8. The second-order valence-corrected chi connectivity index (χ2v) is 6.01. The summed E-state index contributed by atoms with van der Waals surface area (Å²) < 4.78 is 10.3. The number of carboxylic acid groups (broad SMARTS) is 1. The maximum atomic E-state index is 12.1.